The predicted octanol–water partition coefficient (Wildman–Crippen LogP) is 0.306. The van der Waals surface area contributed by atoms with Gasteiger partial charge in [0.05, 0.1) is 18.8 Å². The van der Waals surface area contributed by atoms with E-state index >= 15 is 0 Å². The number of hydrogen-bond donors (Lipinski definition) is 2. The summed E-state index contributed by atoms with van der Waals surface area (Å²) in [7, 11) is 0. The SMILES string of the molecule is CCOC(=O)CC1C[C@H]2O[C@H](OCC)[C@@H]1[C@H](CO)[C@@H]2O. The summed E-state index contributed by atoms with van der Waals surface area (Å²) < 4.78 is 16.3. The molecular weight excluding hydrogens is 264 g/mol. The third kappa shape index (κ3) is 2.98. The first kappa shape index (κ1) is 15.7. The van der Waals surface area contributed by atoms with Gasteiger partial charge in [0.1, 0.15) is 0 Å². The molecule has 6 nitrogen and oxygen atoms in total. The minimum Gasteiger partial charge on any atom is -0.466 e. The van der Waals surface area contributed by atoms with Crippen molar-refractivity contribution >= 4 is 5.97 Å². The molecule has 0 aromatic carbocycles. The number of fused-ring (bicyclic) bond motifs is 3. The number of aliphatic hydroxyl groups excluding tert-OH is 2. The molecule has 2 bridgehead atoms. The summed E-state index contributed by atoms with van der Waals surface area (Å²) >= 11 is 0. The second kappa shape index (κ2) is 6.85. The number of aliphatic hydroxyl groups is 2. The molecule has 1 saturated carbocycles. The number of carbonyl (C=O) groups is 1. The minimum atomic E-state index is -0.694. The van der Waals surface area contributed by atoms with Gasteiger partial charge in [-0.15, -0.1) is 0 Å². The summed E-state index contributed by atoms with van der Waals surface area (Å²) in [5.41, 5.74) is 0. The maximum atomic E-state index is 11.7. The lowest BCUT2D eigenvalue weighted by Crippen LogP contribution is -2.61. The van der Waals surface area contributed by atoms with Crippen LogP contribution in [0.1, 0.15) is 26.7 Å². The van der Waals surface area contributed by atoms with Gasteiger partial charge >= 0.3 is 5.97 Å². The van der Waals surface area contributed by atoms with Gasteiger partial charge < -0.3 is 24.4 Å². The number of carbonyl (C=O) groups excluding carboxylic acids is 1. The Morgan fingerprint density at radius 1 is 1.35 bits per heavy atom. The fourth-order valence-corrected chi connectivity index (χ4v) is 3.47. The third-order valence-corrected chi connectivity index (χ3v) is 4.29. The summed E-state index contributed by atoms with van der Waals surface area (Å²) in [6.45, 7) is 4.37. The minimum absolute atomic E-state index is 0.0184. The van der Waals surface area contributed by atoms with Gasteiger partial charge in [0, 0.05) is 31.5 Å². The Balaban J connectivity index is 2.11. The zero-order chi connectivity index (χ0) is 14.7. The van der Waals surface area contributed by atoms with E-state index in [4.69, 9.17) is 14.2 Å². The maximum absolute atomic E-state index is 11.7. The van der Waals surface area contributed by atoms with E-state index in [1.165, 1.54) is 0 Å². The third-order valence-electron chi connectivity index (χ3n) is 4.29. The highest BCUT2D eigenvalue weighted by molar-refractivity contribution is 5.69. The highest BCUT2D eigenvalue weighted by Crippen LogP contribution is 2.47. The Labute approximate surface area is 119 Å². The summed E-state index contributed by atoms with van der Waals surface area (Å²) in [4.78, 5) is 11.7. The molecule has 6 heteroatoms. The second-order valence-electron chi connectivity index (χ2n) is 5.42. The lowest BCUT2D eigenvalue weighted by atomic mass is 9.65. The van der Waals surface area contributed by atoms with E-state index in [0.717, 1.165) is 0 Å². The van der Waals surface area contributed by atoms with E-state index in [2.05, 4.69) is 0 Å². The van der Waals surface area contributed by atoms with E-state index in [0.29, 0.717) is 19.6 Å². The average molecular weight is 288 g/mol. The molecule has 0 spiro atoms. The van der Waals surface area contributed by atoms with E-state index in [1.807, 2.05) is 6.92 Å². The van der Waals surface area contributed by atoms with E-state index in [9.17, 15) is 15.0 Å². The predicted molar refractivity (Wildman–Crippen MR) is 69.7 cm³/mol. The Morgan fingerprint density at radius 2 is 2.10 bits per heavy atom. The van der Waals surface area contributed by atoms with Crippen LogP contribution in [0, 0.1) is 17.8 Å². The van der Waals surface area contributed by atoms with Crippen LogP contribution in [0.25, 0.3) is 0 Å². The summed E-state index contributed by atoms with van der Waals surface area (Å²) in [5, 5.41) is 19.7. The van der Waals surface area contributed by atoms with E-state index < -0.39 is 12.4 Å². The van der Waals surface area contributed by atoms with Crippen LogP contribution in [-0.4, -0.2) is 54.5 Å². The lowest BCUT2D eigenvalue weighted by Gasteiger charge is -2.53. The quantitative estimate of drug-likeness (QED) is 0.684. The normalized spacial score (nSPS) is 39.8. The molecule has 2 heterocycles. The van der Waals surface area contributed by atoms with Crippen molar-refractivity contribution in [1.82, 2.24) is 0 Å². The van der Waals surface area contributed by atoms with Crippen molar-refractivity contribution in [3.05, 3.63) is 0 Å². The molecule has 3 fully saturated rings. The van der Waals surface area contributed by atoms with Crippen LogP contribution in [-0.2, 0) is 19.0 Å². The van der Waals surface area contributed by atoms with Crippen molar-refractivity contribution in [2.45, 2.75) is 45.2 Å². The van der Waals surface area contributed by atoms with Gasteiger partial charge in [-0.25, -0.2) is 0 Å². The first-order valence-corrected chi connectivity index (χ1v) is 7.33. The van der Waals surface area contributed by atoms with Gasteiger partial charge in [-0.05, 0) is 26.2 Å². The van der Waals surface area contributed by atoms with E-state index in [-0.39, 0.29) is 42.9 Å². The highest BCUT2D eigenvalue weighted by Gasteiger charge is 2.54. The Kier molecular flexibility index (Phi) is 5.37. The molecule has 20 heavy (non-hydrogen) atoms. The second-order valence-corrected chi connectivity index (χ2v) is 5.42. The molecule has 1 unspecified atom stereocenters. The topological polar surface area (TPSA) is 85.2 Å². The first-order chi connectivity index (χ1) is 9.62. The van der Waals surface area contributed by atoms with Crippen molar-refractivity contribution in [2.24, 2.45) is 17.8 Å². The van der Waals surface area contributed by atoms with Gasteiger partial charge in [0.15, 0.2) is 6.29 Å². The molecule has 1 aliphatic carbocycles. The summed E-state index contributed by atoms with van der Waals surface area (Å²) in [6, 6.07) is 0. The van der Waals surface area contributed by atoms with Crippen LogP contribution in [0.5, 0.6) is 0 Å². The number of ether oxygens (including phenoxy) is 3. The molecule has 2 aliphatic heterocycles. The maximum Gasteiger partial charge on any atom is 0.306 e. The largest absolute Gasteiger partial charge is 0.466 e. The number of hydrogen-bond acceptors (Lipinski definition) is 6. The molecule has 3 rings (SSSR count). The van der Waals surface area contributed by atoms with Crippen molar-refractivity contribution in [3.63, 3.8) is 0 Å². The molecule has 0 aromatic rings. The van der Waals surface area contributed by atoms with E-state index in [1.54, 1.807) is 6.92 Å². The van der Waals surface area contributed by atoms with Crippen LogP contribution >= 0.6 is 0 Å². The van der Waals surface area contributed by atoms with Crippen LogP contribution in [0.4, 0.5) is 0 Å². The van der Waals surface area contributed by atoms with Gasteiger partial charge in [0.25, 0.3) is 0 Å². The fourth-order valence-electron chi connectivity index (χ4n) is 3.47. The zero-order valence-corrected chi connectivity index (χ0v) is 12.0. The molecule has 3 aliphatic rings. The van der Waals surface area contributed by atoms with Crippen molar-refractivity contribution in [1.29, 1.82) is 0 Å². The molecule has 0 aromatic heterocycles. The van der Waals surface area contributed by atoms with Gasteiger partial charge in [-0.3, -0.25) is 4.79 Å². The lowest BCUT2D eigenvalue weighted by molar-refractivity contribution is -0.312. The standard InChI is InChI=1S/C14H24O6/c1-3-18-11(16)6-8-5-10-13(17)9(7-15)12(8)14(20-10)19-4-2/h8-10,12-15,17H,3-7H2,1-2H3/t8?,9-,10+,12-,13-,14-/m0/s1. The molecular formula is C14H24O6. The summed E-state index contributed by atoms with van der Waals surface area (Å²) in [6.07, 6.45) is -0.650. The van der Waals surface area contributed by atoms with Crippen LogP contribution in [0.15, 0.2) is 0 Å². The first-order valence-electron chi connectivity index (χ1n) is 7.33. The summed E-state index contributed by atoms with van der Waals surface area (Å²) in [5.74, 6) is -0.709. The Bertz CT molecular complexity index is 334. The van der Waals surface area contributed by atoms with Crippen molar-refractivity contribution < 1.29 is 29.2 Å². The zero-order valence-electron chi connectivity index (χ0n) is 12.0. The van der Waals surface area contributed by atoms with Gasteiger partial charge in [-0.1, -0.05) is 0 Å². The molecule has 2 N–H and O–H groups in total. The Morgan fingerprint density at radius 3 is 2.70 bits per heavy atom. The molecule has 2 saturated heterocycles. The van der Waals surface area contributed by atoms with Gasteiger partial charge in [0.2, 0.25) is 0 Å². The van der Waals surface area contributed by atoms with Gasteiger partial charge in [-0.2, -0.15) is 0 Å². The average Bonchev–Trinajstić information content (AvgIpc) is 2.41. The smallest absolute Gasteiger partial charge is 0.306 e. The molecule has 0 amide bonds. The fraction of sp³-hybridized carbons (Fsp3) is 0.929. The Hall–Kier alpha value is -0.690. The van der Waals surface area contributed by atoms with Crippen molar-refractivity contribution in [3.8, 4) is 0 Å². The number of rotatable bonds is 6. The number of esters is 1. The van der Waals surface area contributed by atoms with Crippen LogP contribution in [0.2, 0.25) is 0 Å². The molecule has 116 valence electrons. The van der Waals surface area contributed by atoms with Crippen LogP contribution in [0.3, 0.4) is 0 Å². The molecule has 0 radical (unpaired) electrons. The monoisotopic (exact) mass is 288 g/mol. The molecule has 6 atom stereocenters. The highest BCUT2D eigenvalue weighted by atomic mass is 16.7. The van der Waals surface area contributed by atoms with Crippen molar-refractivity contribution in [2.75, 3.05) is 19.8 Å². The van der Waals surface area contributed by atoms with Crippen LogP contribution < -0.4 is 0 Å².